The summed E-state index contributed by atoms with van der Waals surface area (Å²) in [5, 5.41) is 6.01. The Kier molecular flexibility index (Phi) is 12.6. The average molecular weight is 1000 g/mol. The summed E-state index contributed by atoms with van der Waals surface area (Å²) in [6.45, 7) is 32.1. The third kappa shape index (κ3) is 6.64. The van der Waals surface area contributed by atoms with Crippen LogP contribution in [0.1, 0.15) is 138 Å². The molecule has 1 radical (unpaired) electrons. The summed E-state index contributed by atoms with van der Waals surface area (Å²) in [6, 6.07) is 4.63. The van der Waals surface area contributed by atoms with Gasteiger partial charge in [-0.05, 0) is 80.3 Å². The van der Waals surface area contributed by atoms with Crippen LogP contribution >= 0.6 is 0 Å². The van der Waals surface area contributed by atoms with E-state index in [1.807, 2.05) is 13.8 Å². The van der Waals surface area contributed by atoms with Gasteiger partial charge in [-0.1, -0.05) is 0 Å². The van der Waals surface area contributed by atoms with Gasteiger partial charge in [0.1, 0.15) is 0 Å². The molecule has 5 aromatic carbocycles. The maximum absolute atomic E-state index is 12.7. The Hall–Kier alpha value is -3.66. The normalized spacial score (nSPS) is 12.8. The van der Waals surface area contributed by atoms with Crippen LogP contribution in [-0.2, 0) is 58.5 Å². The SMILES string of the molecule is Cc1c(C)c2c3c(c(C)c(C)c(C)c3c1C)C(=O)N(C)C2=O.Cc1cc2c(c(C)c1C)Cc1c(cc(C)c(N=[N+]=[N-])c1C)[C-]2c1c(C)c(C)c(C)c(C)c1[C-]=[W].[Y]. The van der Waals surface area contributed by atoms with E-state index in [1.54, 1.807) is 7.05 Å². The monoisotopic (exact) mass is 1000 g/mol. The average Bonchev–Trinajstić information content (AvgIpc) is 3.16. The van der Waals surface area contributed by atoms with Crippen molar-refractivity contribution in [1.82, 2.24) is 4.90 Å². The summed E-state index contributed by atoms with van der Waals surface area (Å²) in [7, 11) is 1.57. The largest absolute Gasteiger partial charge is 0 e. The summed E-state index contributed by atoms with van der Waals surface area (Å²) in [5.74, 6) is 0.921. The number of nitrogens with zero attached hydrogens (tertiary/aromatic N) is 4. The zero-order valence-corrected chi connectivity index (χ0v) is 42.2. The number of fused-ring (bicyclic) bond motifs is 2. The molecule has 0 aromatic heterocycles. The number of imide groups is 1. The smallest absolute Gasteiger partial charge is 0 e. The molecule has 0 spiro atoms. The third-order valence-electron chi connectivity index (χ3n) is 13.8. The van der Waals surface area contributed by atoms with Gasteiger partial charge in [-0.2, -0.15) is 0 Å². The molecule has 0 unspecified atom stereocenters. The minimum atomic E-state index is -0.189. The number of hydrogen-bond donors (Lipinski definition) is 0. The van der Waals surface area contributed by atoms with Crippen LogP contribution in [0.15, 0.2) is 17.2 Å². The van der Waals surface area contributed by atoms with Crippen LogP contribution in [0.3, 0.4) is 0 Å². The van der Waals surface area contributed by atoms with Gasteiger partial charge in [0.05, 0.1) is 11.1 Å². The number of rotatable bonds is 3. The number of aryl methyl sites for hydroxylation is 4. The van der Waals surface area contributed by atoms with Gasteiger partial charge in [0.15, 0.2) is 0 Å². The van der Waals surface area contributed by atoms with E-state index in [0.29, 0.717) is 11.1 Å². The number of benzene rings is 5. The van der Waals surface area contributed by atoms with Gasteiger partial charge in [0, 0.05) is 45.1 Å². The first-order valence-electron chi connectivity index (χ1n) is 19.2. The van der Waals surface area contributed by atoms with Crippen molar-refractivity contribution in [3.05, 3.63) is 156 Å². The van der Waals surface area contributed by atoms with E-state index in [-0.39, 0.29) is 44.5 Å². The van der Waals surface area contributed by atoms with Crippen molar-refractivity contribution >= 4 is 32.7 Å². The minimum absolute atomic E-state index is 0. The Morgan fingerprint density at radius 3 is 1.56 bits per heavy atom. The van der Waals surface area contributed by atoms with Gasteiger partial charge in [-0.3, -0.25) is 14.5 Å². The van der Waals surface area contributed by atoms with Gasteiger partial charge in [-0.15, -0.1) is 0 Å². The molecule has 1 aliphatic carbocycles. The number of carbonyl (C=O) groups is 2. The van der Waals surface area contributed by atoms with Gasteiger partial charge in [0.25, 0.3) is 11.8 Å². The van der Waals surface area contributed by atoms with E-state index in [2.05, 4.69) is 117 Å². The number of carbonyl (C=O) groups excluding carboxylic acids is 2. The molecule has 6 nitrogen and oxygen atoms in total. The van der Waals surface area contributed by atoms with E-state index in [1.165, 1.54) is 114 Å². The van der Waals surface area contributed by atoms with Crippen molar-refractivity contribution in [1.29, 1.82) is 0 Å². The van der Waals surface area contributed by atoms with Gasteiger partial charge in [-0.25, -0.2) is 0 Å². The number of hydrogen-bond acceptors (Lipinski definition) is 3. The Morgan fingerprint density at radius 1 is 0.614 bits per heavy atom. The van der Waals surface area contributed by atoms with Crippen LogP contribution < -0.4 is 0 Å². The molecule has 7 rings (SSSR count). The van der Waals surface area contributed by atoms with Crippen LogP contribution in [0, 0.1) is 110 Å². The fraction of sp³-hybridized carbons (Fsp3) is 0.347. The fourth-order valence-electron chi connectivity index (χ4n) is 9.27. The summed E-state index contributed by atoms with van der Waals surface area (Å²) < 4.78 is 3.63. The standard InChI is InChI=1S/C30H31N3.C19H21NO2.W.Y/c1-14-11-26-24(20(7)16(14)3)13-25-23(10)30(32-33-31)15(2)12-27(25)29(26)28-21(8)18(5)17(4)19(6)22(28)9;1-8-10(3)14-11(4)9(2)13(6)16-17(14)15(12(8)5)18(21)20(7)19(16)22;;/h11-12H,13H2,1-8,10H3;1-7H3;;/q-2;;;. The minimum Gasteiger partial charge on any atom is 0 e. The molecule has 0 fully saturated rings. The van der Waals surface area contributed by atoms with Crippen molar-refractivity contribution in [2.45, 2.75) is 110 Å². The van der Waals surface area contributed by atoms with Crippen molar-refractivity contribution in [2.24, 2.45) is 5.11 Å². The van der Waals surface area contributed by atoms with E-state index >= 15 is 0 Å². The van der Waals surface area contributed by atoms with E-state index < -0.39 is 0 Å². The fourth-order valence-corrected chi connectivity index (χ4v) is 10.2. The molecule has 8 heteroatoms. The van der Waals surface area contributed by atoms with E-state index in [4.69, 9.17) is 0 Å². The predicted octanol–water partition coefficient (Wildman–Crippen LogP) is 11.8. The Morgan fingerprint density at radius 2 is 1.07 bits per heavy atom. The van der Waals surface area contributed by atoms with Crippen LogP contribution in [0.5, 0.6) is 0 Å². The van der Waals surface area contributed by atoms with Gasteiger partial charge >= 0.3 is 215 Å². The second kappa shape index (κ2) is 16.2. The molecule has 291 valence electrons. The number of amides is 2. The number of azide groups is 1. The van der Waals surface area contributed by atoms with Crippen LogP contribution in [0.4, 0.5) is 5.69 Å². The first kappa shape index (κ1) is 44.4. The summed E-state index contributed by atoms with van der Waals surface area (Å²) in [5.41, 5.74) is 37.2. The van der Waals surface area contributed by atoms with Crippen LogP contribution in [0.2, 0.25) is 0 Å². The first-order valence-corrected chi connectivity index (χ1v) is 20.7. The Labute approximate surface area is 375 Å². The molecule has 1 heterocycles. The van der Waals surface area contributed by atoms with Gasteiger partial charge < -0.3 is 0 Å². The zero-order chi connectivity index (χ0) is 41.6. The predicted molar refractivity (Wildman–Crippen MR) is 227 cm³/mol. The second-order valence-corrected chi connectivity index (χ2v) is 16.9. The maximum Gasteiger partial charge on any atom is 0 e. The molecular formula is C49H52N4O2WY-2. The third-order valence-corrected chi connectivity index (χ3v) is 14.5. The molecule has 0 atom stereocenters. The van der Waals surface area contributed by atoms with Crippen molar-refractivity contribution < 1.29 is 61.7 Å². The van der Waals surface area contributed by atoms with E-state index in [0.717, 1.165) is 56.3 Å². The molecule has 0 bridgehead atoms. The zero-order valence-electron chi connectivity index (χ0n) is 36.5. The second-order valence-electron chi connectivity index (χ2n) is 16.2. The molecule has 1 aliphatic heterocycles. The molecule has 2 aliphatic rings. The Balaban J connectivity index is 0.000000233. The molecular weight excluding hydrogens is 949 g/mol. The summed E-state index contributed by atoms with van der Waals surface area (Å²) in [4.78, 5) is 29.8. The molecule has 57 heavy (non-hydrogen) atoms. The van der Waals surface area contributed by atoms with Crippen molar-refractivity contribution in [3.8, 4) is 0 Å². The summed E-state index contributed by atoms with van der Waals surface area (Å²) in [6.07, 6.45) is 0.851. The maximum atomic E-state index is 12.7. The van der Waals surface area contributed by atoms with Crippen LogP contribution in [-0.4, -0.2) is 28.2 Å². The topological polar surface area (TPSA) is 86.1 Å². The van der Waals surface area contributed by atoms with Gasteiger partial charge in [0.2, 0.25) is 0 Å². The first-order chi connectivity index (χ1) is 26.2. The molecule has 2 amide bonds. The molecule has 0 N–H and O–H groups in total. The quantitative estimate of drug-likeness (QED) is 0.0581. The Bertz CT molecular complexity index is 2630. The van der Waals surface area contributed by atoms with E-state index in [9.17, 15) is 15.1 Å². The summed E-state index contributed by atoms with van der Waals surface area (Å²) >= 11 is 1.33. The molecule has 0 saturated carbocycles. The molecule has 5 aromatic rings. The van der Waals surface area contributed by atoms with Crippen molar-refractivity contribution in [3.63, 3.8) is 0 Å². The van der Waals surface area contributed by atoms with Crippen LogP contribution in [0.25, 0.3) is 21.2 Å². The molecule has 0 saturated heterocycles. The van der Waals surface area contributed by atoms with Crippen molar-refractivity contribution in [2.75, 3.05) is 7.05 Å².